The molecule has 4 rings (SSSR count). The molecule has 150 valence electrons. The maximum Gasteiger partial charge on any atom is 0.253 e. The minimum atomic E-state index is -0.127. The van der Waals surface area contributed by atoms with Gasteiger partial charge in [0.15, 0.2) is 5.13 Å². The molecule has 0 saturated heterocycles. The third kappa shape index (κ3) is 4.02. The predicted molar refractivity (Wildman–Crippen MR) is 112 cm³/mol. The second-order valence-corrected chi connectivity index (χ2v) is 7.78. The van der Waals surface area contributed by atoms with Crippen LogP contribution in [0.4, 0.5) is 5.69 Å². The molecule has 0 atom stereocenters. The van der Waals surface area contributed by atoms with E-state index in [4.69, 9.17) is 4.74 Å². The Bertz CT molecular complexity index is 1060. The summed E-state index contributed by atoms with van der Waals surface area (Å²) < 4.78 is 7.75. The van der Waals surface area contributed by atoms with Gasteiger partial charge in [-0.05, 0) is 50.1 Å². The summed E-state index contributed by atoms with van der Waals surface area (Å²) in [7, 11) is 0. The molecule has 0 aliphatic carbocycles. The van der Waals surface area contributed by atoms with Gasteiger partial charge in [0, 0.05) is 35.1 Å². The normalized spacial score (nSPS) is 13.0. The number of nitrogens with one attached hydrogen (secondary N) is 2. The average Bonchev–Trinajstić information content (AvgIpc) is 3.32. The molecule has 2 amide bonds. The zero-order chi connectivity index (χ0) is 20.4. The lowest BCUT2D eigenvalue weighted by Crippen LogP contribution is -2.28. The number of aryl methyl sites for hydroxylation is 2. The van der Waals surface area contributed by atoms with E-state index >= 15 is 0 Å². The van der Waals surface area contributed by atoms with Gasteiger partial charge < -0.3 is 15.4 Å². The summed E-state index contributed by atoms with van der Waals surface area (Å²) in [6, 6.07) is 7.50. The predicted octanol–water partition coefficient (Wildman–Crippen LogP) is 3.24. The lowest BCUT2D eigenvalue weighted by molar-refractivity contribution is -0.116. The first-order chi connectivity index (χ1) is 14.0. The summed E-state index contributed by atoms with van der Waals surface area (Å²) in [5.74, 6) is 0.650. The number of carbonyl (C=O) groups is 2. The molecular weight excluding hydrogens is 388 g/mol. The van der Waals surface area contributed by atoms with Gasteiger partial charge in [-0.2, -0.15) is 0 Å². The number of rotatable bonds is 6. The van der Waals surface area contributed by atoms with Crippen molar-refractivity contribution in [2.45, 2.75) is 26.7 Å². The summed E-state index contributed by atoms with van der Waals surface area (Å²) in [5, 5.41) is 8.53. The van der Waals surface area contributed by atoms with Gasteiger partial charge >= 0.3 is 0 Å². The molecule has 0 spiro atoms. The van der Waals surface area contributed by atoms with Crippen LogP contribution in [0.25, 0.3) is 5.13 Å². The monoisotopic (exact) mass is 410 g/mol. The van der Waals surface area contributed by atoms with Crippen molar-refractivity contribution >= 4 is 28.8 Å². The van der Waals surface area contributed by atoms with Crippen molar-refractivity contribution in [3.8, 4) is 10.9 Å². The summed E-state index contributed by atoms with van der Waals surface area (Å²) in [6.45, 7) is 4.65. The Morgan fingerprint density at radius 1 is 1.31 bits per heavy atom. The van der Waals surface area contributed by atoms with Crippen LogP contribution >= 0.6 is 11.3 Å². The Balaban J connectivity index is 1.33. The fraction of sp³-hybridized carbons (Fsp3) is 0.286. The van der Waals surface area contributed by atoms with Gasteiger partial charge in [0.1, 0.15) is 12.4 Å². The van der Waals surface area contributed by atoms with Crippen molar-refractivity contribution in [3.63, 3.8) is 0 Å². The highest BCUT2D eigenvalue weighted by atomic mass is 32.1. The molecule has 1 aromatic carbocycles. The number of ether oxygens (including phenoxy) is 1. The molecule has 3 aromatic rings. The lowest BCUT2D eigenvalue weighted by atomic mass is 10.0. The highest BCUT2D eigenvalue weighted by Gasteiger charge is 2.18. The fourth-order valence-electron chi connectivity index (χ4n) is 3.49. The van der Waals surface area contributed by atoms with E-state index in [1.807, 2.05) is 48.1 Å². The standard InChI is InChI=1S/C21H22N4O3S/c1-13-11-17(14(2)25(13)21-23-8-10-29-21)20(27)22-7-9-28-16-4-5-18-15(12-16)3-6-19(26)24-18/h4-5,8,10-12H,3,6-7,9H2,1-2H3,(H,22,27)(H,24,26). The van der Waals surface area contributed by atoms with Crippen LogP contribution < -0.4 is 15.4 Å². The number of carbonyl (C=O) groups excluding carboxylic acids is 2. The van der Waals surface area contributed by atoms with Crippen molar-refractivity contribution in [2.24, 2.45) is 0 Å². The van der Waals surface area contributed by atoms with Crippen LogP contribution in [0.1, 0.15) is 33.7 Å². The number of benzene rings is 1. The molecular formula is C21H22N4O3S. The third-order valence-corrected chi connectivity index (χ3v) is 5.67. The second kappa shape index (κ2) is 8.08. The van der Waals surface area contributed by atoms with Crippen molar-refractivity contribution in [1.29, 1.82) is 0 Å². The van der Waals surface area contributed by atoms with Crippen LogP contribution in [0.15, 0.2) is 35.8 Å². The Labute approximate surface area is 172 Å². The Morgan fingerprint density at radius 2 is 2.17 bits per heavy atom. The molecule has 0 fully saturated rings. The first-order valence-electron chi connectivity index (χ1n) is 9.45. The zero-order valence-electron chi connectivity index (χ0n) is 16.3. The Morgan fingerprint density at radius 3 is 2.97 bits per heavy atom. The third-order valence-electron chi connectivity index (χ3n) is 4.91. The SMILES string of the molecule is Cc1cc(C(=O)NCCOc2ccc3c(c2)CCC(=O)N3)c(C)n1-c1nccs1. The van der Waals surface area contributed by atoms with E-state index in [0.29, 0.717) is 31.6 Å². The van der Waals surface area contributed by atoms with Crippen LogP contribution in [0.5, 0.6) is 5.75 Å². The molecule has 3 heterocycles. The van der Waals surface area contributed by atoms with Crippen molar-refractivity contribution < 1.29 is 14.3 Å². The number of amides is 2. The number of anilines is 1. The molecule has 0 saturated carbocycles. The van der Waals surface area contributed by atoms with Crippen LogP contribution in [0.2, 0.25) is 0 Å². The molecule has 1 aliphatic heterocycles. The quantitative estimate of drug-likeness (QED) is 0.611. The molecule has 29 heavy (non-hydrogen) atoms. The number of hydrogen-bond donors (Lipinski definition) is 2. The van der Waals surface area contributed by atoms with Crippen molar-refractivity contribution in [2.75, 3.05) is 18.5 Å². The zero-order valence-corrected chi connectivity index (χ0v) is 17.1. The Kier molecular flexibility index (Phi) is 5.35. The number of fused-ring (bicyclic) bond motifs is 1. The molecule has 2 aromatic heterocycles. The number of nitrogens with zero attached hydrogens (tertiary/aromatic N) is 2. The largest absolute Gasteiger partial charge is 0.492 e. The average molecular weight is 410 g/mol. The van der Waals surface area contributed by atoms with Crippen molar-refractivity contribution in [1.82, 2.24) is 14.9 Å². The number of hydrogen-bond acceptors (Lipinski definition) is 5. The first kappa shape index (κ1) is 19.2. The minimum Gasteiger partial charge on any atom is -0.492 e. The van der Waals surface area contributed by atoms with Gasteiger partial charge in [-0.25, -0.2) is 4.98 Å². The maximum absolute atomic E-state index is 12.6. The summed E-state index contributed by atoms with van der Waals surface area (Å²) >= 11 is 1.54. The first-order valence-corrected chi connectivity index (χ1v) is 10.3. The van der Waals surface area contributed by atoms with Gasteiger partial charge in [-0.3, -0.25) is 14.2 Å². The minimum absolute atomic E-state index is 0.0445. The fourth-order valence-corrected chi connectivity index (χ4v) is 4.24. The van der Waals surface area contributed by atoms with Crippen LogP contribution in [0.3, 0.4) is 0 Å². The summed E-state index contributed by atoms with van der Waals surface area (Å²) in [6.07, 6.45) is 2.96. The van der Waals surface area contributed by atoms with Crippen LogP contribution in [0, 0.1) is 13.8 Å². The van der Waals surface area contributed by atoms with E-state index in [9.17, 15) is 9.59 Å². The number of thiazole rings is 1. The molecule has 1 aliphatic rings. The van der Waals surface area contributed by atoms with Gasteiger partial charge in [-0.15, -0.1) is 11.3 Å². The highest BCUT2D eigenvalue weighted by molar-refractivity contribution is 7.12. The molecule has 0 radical (unpaired) electrons. The van der Waals surface area contributed by atoms with E-state index in [-0.39, 0.29) is 11.8 Å². The highest BCUT2D eigenvalue weighted by Crippen LogP contribution is 2.27. The smallest absolute Gasteiger partial charge is 0.253 e. The lowest BCUT2D eigenvalue weighted by Gasteiger charge is -2.17. The number of aromatic nitrogens is 2. The maximum atomic E-state index is 12.6. The Hall–Kier alpha value is -3.13. The van der Waals surface area contributed by atoms with Gasteiger partial charge in [-0.1, -0.05) is 0 Å². The van der Waals surface area contributed by atoms with Gasteiger partial charge in [0.2, 0.25) is 5.91 Å². The molecule has 8 heteroatoms. The van der Waals surface area contributed by atoms with Crippen molar-refractivity contribution in [3.05, 3.63) is 58.4 Å². The second-order valence-electron chi connectivity index (χ2n) is 6.91. The van der Waals surface area contributed by atoms with Gasteiger partial charge in [0.05, 0.1) is 12.1 Å². The molecule has 2 N–H and O–H groups in total. The van der Waals surface area contributed by atoms with Crippen LogP contribution in [-0.2, 0) is 11.2 Å². The molecule has 0 unspecified atom stereocenters. The van der Waals surface area contributed by atoms with E-state index < -0.39 is 0 Å². The van der Waals surface area contributed by atoms with E-state index in [2.05, 4.69) is 15.6 Å². The van der Waals surface area contributed by atoms with E-state index in [1.165, 1.54) is 11.3 Å². The van der Waals surface area contributed by atoms with E-state index in [0.717, 1.165) is 33.5 Å². The molecule has 0 bridgehead atoms. The van der Waals surface area contributed by atoms with Gasteiger partial charge in [0.25, 0.3) is 5.91 Å². The molecule has 7 nitrogen and oxygen atoms in total. The summed E-state index contributed by atoms with van der Waals surface area (Å²) in [5.41, 5.74) is 4.40. The van der Waals surface area contributed by atoms with Crippen LogP contribution in [-0.4, -0.2) is 34.5 Å². The van der Waals surface area contributed by atoms with E-state index in [1.54, 1.807) is 6.20 Å². The summed E-state index contributed by atoms with van der Waals surface area (Å²) in [4.78, 5) is 28.4. The topological polar surface area (TPSA) is 85.2 Å².